The topological polar surface area (TPSA) is 143 Å². The van der Waals surface area contributed by atoms with Crippen LogP contribution in [0.4, 0.5) is 4.79 Å². The second-order valence-electron chi connectivity index (χ2n) is 12.0. The fourth-order valence-corrected chi connectivity index (χ4v) is 4.86. The molecule has 0 aliphatic rings. The van der Waals surface area contributed by atoms with Crippen LogP contribution in [0.5, 0.6) is 11.5 Å². The number of ether oxygens (including phenoxy) is 3. The lowest BCUT2D eigenvalue weighted by Crippen LogP contribution is -2.17. The predicted molar refractivity (Wildman–Crippen MR) is 187 cm³/mol. The van der Waals surface area contributed by atoms with Crippen molar-refractivity contribution in [2.75, 3.05) is 26.4 Å². The average molecular weight is 648 g/mol. The zero-order chi connectivity index (χ0) is 33.9. The van der Waals surface area contributed by atoms with Gasteiger partial charge in [-0.25, -0.2) is 24.7 Å². The molecular weight excluding hydrogens is 594 g/mol. The van der Waals surface area contributed by atoms with Crippen LogP contribution < -0.4 is 15.2 Å². The van der Waals surface area contributed by atoms with Crippen LogP contribution >= 0.6 is 0 Å². The number of hydrogen-bond donors (Lipinski definition) is 2. The van der Waals surface area contributed by atoms with Gasteiger partial charge in [0.1, 0.15) is 29.8 Å². The Hall–Kier alpha value is -4.05. The summed E-state index contributed by atoms with van der Waals surface area (Å²) in [5.41, 5.74) is 6.71. The van der Waals surface area contributed by atoms with Crippen LogP contribution in [0.25, 0.3) is 21.8 Å². The number of nitrogens with zero attached hydrogens (tertiary/aromatic N) is 4. The van der Waals surface area contributed by atoms with Crippen molar-refractivity contribution in [1.82, 2.24) is 19.9 Å². The summed E-state index contributed by atoms with van der Waals surface area (Å²) in [7, 11) is 0. The zero-order valence-electron chi connectivity index (χ0n) is 28.6. The highest BCUT2D eigenvalue weighted by Gasteiger charge is 2.12. The lowest BCUT2D eigenvalue weighted by Gasteiger charge is -2.11. The first kappa shape index (κ1) is 37.4. The minimum atomic E-state index is -0.788. The highest BCUT2D eigenvalue weighted by Crippen LogP contribution is 2.23. The van der Waals surface area contributed by atoms with Crippen molar-refractivity contribution in [2.24, 2.45) is 5.73 Å². The molecule has 256 valence electrons. The molecule has 0 saturated carbocycles. The molecule has 2 heterocycles. The first-order valence-corrected chi connectivity index (χ1v) is 17.2. The number of carbonyl (C=O) groups excluding carboxylic acids is 1. The van der Waals surface area contributed by atoms with E-state index in [1.165, 1.54) is 51.4 Å². The summed E-state index contributed by atoms with van der Waals surface area (Å²) in [6, 6.07) is 11.7. The van der Waals surface area contributed by atoms with E-state index in [0.717, 1.165) is 59.4 Å². The third-order valence-corrected chi connectivity index (χ3v) is 7.80. The van der Waals surface area contributed by atoms with E-state index in [2.05, 4.69) is 33.8 Å². The number of hydrogen-bond acceptors (Lipinski definition) is 9. The van der Waals surface area contributed by atoms with Crippen molar-refractivity contribution < 1.29 is 24.1 Å². The average Bonchev–Trinajstić information content (AvgIpc) is 3.09. The van der Waals surface area contributed by atoms with Gasteiger partial charge < -0.3 is 25.1 Å². The summed E-state index contributed by atoms with van der Waals surface area (Å²) in [5, 5.41) is 11.1. The SMILES string of the molecule is CCCCCCCOc1ccc2nc([C@H](C)CO)ncc2c1.CCCCCCCOc1ccc2nc([C@H](C)COC(N)=O)ncc2c1. The van der Waals surface area contributed by atoms with Crippen LogP contribution in [-0.2, 0) is 4.74 Å². The molecule has 4 rings (SSSR count). The Morgan fingerprint density at radius 3 is 1.64 bits per heavy atom. The van der Waals surface area contributed by atoms with Gasteiger partial charge in [-0.1, -0.05) is 79.1 Å². The third kappa shape index (κ3) is 13.3. The van der Waals surface area contributed by atoms with Crippen molar-refractivity contribution >= 4 is 27.9 Å². The van der Waals surface area contributed by atoms with E-state index in [0.29, 0.717) is 11.6 Å². The van der Waals surface area contributed by atoms with Crippen molar-refractivity contribution in [2.45, 2.75) is 104 Å². The van der Waals surface area contributed by atoms with Gasteiger partial charge in [-0.3, -0.25) is 0 Å². The lowest BCUT2D eigenvalue weighted by molar-refractivity contribution is 0.150. The minimum absolute atomic E-state index is 0.0385. The molecule has 0 fully saturated rings. The Morgan fingerprint density at radius 1 is 0.723 bits per heavy atom. The van der Waals surface area contributed by atoms with E-state index in [1.54, 1.807) is 12.4 Å². The molecule has 0 bridgehead atoms. The van der Waals surface area contributed by atoms with Gasteiger partial charge in [-0.2, -0.15) is 0 Å². The number of primary amides is 1. The molecule has 0 spiro atoms. The number of carbonyl (C=O) groups is 1. The summed E-state index contributed by atoms with van der Waals surface area (Å²) in [6.07, 6.45) is 15.1. The Kier molecular flexibility index (Phi) is 16.7. The molecule has 2 aromatic heterocycles. The first-order chi connectivity index (χ1) is 22.8. The molecule has 0 saturated heterocycles. The summed E-state index contributed by atoms with van der Waals surface area (Å²) in [5.74, 6) is 2.86. The van der Waals surface area contributed by atoms with Crippen molar-refractivity contribution in [3.05, 3.63) is 60.4 Å². The number of fused-ring (bicyclic) bond motifs is 2. The van der Waals surface area contributed by atoms with Crippen LogP contribution in [-0.4, -0.2) is 57.6 Å². The molecule has 0 unspecified atom stereocenters. The first-order valence-electron chi connectivity index (χ1n) is 17.2. The molecule has 4 aromatic rings. The monoisotopic (exact) mass is 647 g/mol. The number of unbranched alkanes of at least 4 members (excludes halogenated alkanes) is 8. The zero-order valence-corrected chi connectivity index (χ0v) is 28.6. The van der Waals surface area contributed by atoms with E-state index < -0.39 is 6.09 Å². The highest BCUT2D eigenvalue weighted by atomic mass is 16.5. The molecule has 0 aliphatic carbocycles. The Bertz CT molecular complexity index is 1500. The molecule has 3 N–H and O–H groups in total. The highest BCUT2D eigenvalue weighted by molar-refractivity contribution is 5.80. The van der Waals surface area contributed by atoms with E-state index in [-0.39, 0.29) is 25.0 Å². The number of aliphatic hydroxyl groups is 1. The minimum Gasteiger partial charge on any atom is -0.494 e. The van der Waals surface area contributed by atoms with Crippen molar-refractivity contribution in [3.8, 4) is 11.5 Å². The normalized spacial score (nSPS) is 12.3. The van der Waals surface area contributed by atoms with Gasteiger partial charge in [0, 0.05) is 29.1 Å². The van der Waals surface area contributed by atoms with Crippen LogP contribution in [0.15, 0.2) is 48.8 Å². The summed E-state index contributed by atoms with van der Waals surface area (Å²) < 4.78 is 16.4. The van der Waals surface area contributed by atoms with Crippen LogP contribution in [0.2, 0.25) is 0 Å². The van der Waals surface area contributed by atoms with Gasteiger partial charge in [-0.05, 0) is 49.2 Å². The van der Waals surface area contributed by atoms with Crippen LogP contribution in [0, 0.1) is 0 Å². The Morgan fingerprint density at radius 2 is 1.19 bits per heavy atom. The molecule has 10 heteroatoms. The molecule has 47 heavy (non-hydrogen) atoms. The van der Waals surface area contributed by atoms with Crippen LogP contribution in [0.1, 0.15) is 115 Å². The van der Waals surface area contributed by atoms with Crippen LogP contribution in [0.3, 0.4) is 0 Å². The Labute approximate surface area is 279 Å². The largest absolute Gasteiger partial charge is 0.494 e. The maximum atomic E-state index is 10.7. The van der Waals surface area contributed by atoms with Gasteiger partial charge >= 0.3 is 6.09 Å². The number of amides is 1. The quantitative estimate of drug-likeness (QED) is 0.0962. The maximum Gasteiger partial charge on any atom is 0.404 e. The number of benzene rings is 2. The number of rotatable bonds is 19. The smallest absolute Gasteiger partial charge is 0.404 e. The number of nitrogens with two attached hydrogens (primary N) is 1. The third-order valence-electron chi connectivity index (χ3n) is 7.80. The second kappa shape index (κ2) is 20.9. The summed E-state index contributed by atoms with van der Waals surface area (Å²) >= 11 is 0. The molecule has 10 nitrogen and oxygen atoms in total. The molecular formula is C37H53N5O5. The second-order valence-corrected chi connectivity index (χ2v) is 12.0. The van der Waals surface area contributed by atoms with Gasteiger partial charge in [-0.15, -0.1) is 0 Å². The van der Waals surface area contributed by atoms with Crippen molar-refractivity contribution in [1.29, 1.82) is 0 Å². The number of aromatic nitrogens is 4. The molecule has 2 aromatic carbocycles. The van der Waals surface area contributed by atoms with Gasteiger partial charge in [0.15, 0.2) is 0 Å². The molecule has 1 amide bonds. The van der Waals surface area contributed by atoms with Gasteiger partial charge in [0.2, 0.25) is 0 Å². The van der Waals surface area contributed by atoms with E-state index in [9.17, 15) is 9.90 Å². The van der Waals surface area contributed by atoms with E-state index in [1.807, 2.05) is 50.2 Å². The molecule has 0 radical (unpaired) electrons. The standard InChI is InChI=1S/C19H27N3O3.C18H26N2O2/c1-3-4-5-6-7-10-24-16-8-9-17-15(11-16)12-21-18(22-17)14(2)13-25-19(20)23;1-3-4-5-6-7-10-22-16-8-9-17-15(11-16)12-19-18(20-17)14(2)13-21/h8-9,11-12,14H,3-7,10,13H2,1-2H3,(H2,20,23);8-9,11-12,14,21H,3-7,10,13H2,1-2H3/t2*14-/m11/s1. The molecule has 2 atom stereocenters. The fraction of sp³-hybridized carbons (Fsp3) is 0.541. The van der Waals surface area contributed by atoms with E-state index in [4.69, 9.17) is 19.9 Å². The van der Waals surface area contributed by atoms with Crippen molar-refractivity contribution in [3.63, 3.8) is 0 Å². The predicted octanol–water partition coefficient (Wildman–Crippen LogP) is 8.25. The van der Waals surface area contributed by atoms with Gasteiger partial charge in [0.05, 0.1) is 36.8 Å². The van der Waals surface area contributed by atoms with E-state index >= 15 is 0 Å². The fourth-order valence-electron chi connectivity index (χ4n) is 4.86. The van der Waals surface area contributed by atoms with Gasteiger partial charge in [0.25, 0.3) is 0 Å². The summed E-state index contributed by atoms with van der Waals surface area (Å²) in [6.45, 7) is 9.96. The molecule has 0 aliphatic heterocycles. The number of aliphatic hydroxyl groups excluding tert-OH is 1. The summed E-state index contributed by atoms with van der Waals surface area (Å²) in [4.78, 5) is 28.4. The lowest BCUT2D eigenvalue weighted by atomic mass is 10.1. The Balaban J connectivity index is 0.000000257. The maximum absolute atomic E-state index is 10.7.